The van der Waals surface area contributed by atoms with Crippen molar-refractivity contribution in [1.29, 1.82) is 0 Å². The molecule has 0 spiro atoms. The van der Waals surface area contributed by atoms with Crippen LogP contribution in [-0.2, 0) is 11.8 Å². The number of rotatable bonds is 7. The molecule has 2 aliphatic heterocycles. The Balaban J connectivity index is 1.19. The van der Waals surface area contributed by atoms with Gasteiger partial charge in [0, 0.05) is 62.1 Å². The predicted octanol–water partition coefficient (Wildman–Crippen LogP) is 5.43. The van der Waals surface area contributed by atoms with Gasteiger partial charge in [-0.2, -0.15) is 0 Å². The van der Waals surface area contributed by atoms with Crippen molar-refractivity contribution < 1.29 is 19.0 Å². The number of hydrogen-bond acceptors (Lipinski definition) is 7. The Labute approximate surface area is 256 Å². The van der Waals surface area contributed by atoms with Gasteiger partial charge in [0.05, 0.1) is 42.3 Å². The van der Waals surface area contributed by atoms with Crippen LogP contribution in [0.1, 0.15) is 47.2 Å². The van der Waals surface area contributed by atoms with E-state index in [-0.39, 0.29) is 5.91 Å². The minimum Gasteiger partial charge on any atom is -0.496 e. The summed E-state index contributed by atoms with van der Waals surface area (Å²) in [5, 5.41) is 3.94. The van der Waals surface area contributed by atoms with Gasteiger partial charge in [0.15, 0.2) is 0 Å². The number of anilines is 1. The first-order valence-electron chi connectivity index (χ1n) is 15.2. The number of amides is 1. The molecule has 7 rings (SSSR count). The Morgan fingerprint density at radius 3 is 2.66 bits per heavy atom. The highest BCUT2D eigenvalue weighted by Crippen LogP contribution is 2.37. The largest absolute Gasteiger partial charge is 0.496 e. The lowest BCUT2D eigenvalue weighted by atomic mass is 10.1. The molecule has 5 aromatic rings. The van der Waals surface area contributed by atoms with Crippen molar-refractivity contribution in [2.75, 3.05) is 45.8 Å². The maximum atomic E-state index is 13.5. The van der Waals surface area contributed by atoms with Crippen molar-refractivity contribution in [2.45, 2.75) is 38.1 Å². The molecule has 1 unspecified atom stereocenters. The molecule has 44 heavy (non-hydrogen) atoms. The van der Waals surface area contributed by atoms with Crippen molar-refractivity contribution in [2.24, 2.45) is 7.05 Å². The third-order valence-electron chi connectivity index (χ3n) is 9.28. The van der Waals surface area contributed by atoms with Crippen LogP contribution in [0.3, 0.4) is 0 Å². The summed E-state index contributed by atoms with van der Waals surface area (Å²) in [6.45, 7) is 5.80. The summed E-state index contributed by atoms with van der Waals surface area (Å²) >= 11 is 0. The summed E-state index contributed by atoms with van der Waals surface area (Å²) in [4.78, 5) is 26.0. The predicted molar refractivity (Wildman–Crippen MR) is 170 cm³/mol. The first kappa shape index (κ1) is 28.4. The Morgan fingerprint density at radius 2 is 1.86 bits per heavy atom. The van der Waals surface area contributed by atoms with Crippen LogP contribution in [0.2, 0.25) is 0 Å². The monoisotopic (exact) mass is 594 g/mol. The van der Waals surface area contributed by atoms with Crippen LogP contribution in [0.15, 0.2) is 54.9 Å². The lowest BCUT2D eigenvalue weighted by Gasteiger charge is -2.30. The Morgan fingerprint density at radius 1 is 1.05 bits per heavy atom. The molecule has 0 aliphatic carbocycles. The van der Waals surface area contributed by atoms with Crippen molar-refractivity contribution in [3.8, 4) is 22.8 Å². The molecule has 5 heterocycles. The fourth-order valence-electron chi connectivity index (χ4n) is 6.95. The van der Waals surface area contributed by atoms with E-state index in [1.165, 1.54) is 0 Å². The third kappa shape index (κ3) is 4.88. The molecular formula is C34H38N6O4. The van der Waals surface area contributed by atoms with Crippen LogP contribution in [0.4, 0.5) is 5.69 Å². The van der Waals surface area contributed by atoms with Gasteiger partial charge in [-0.25, -0.2) is 4.98 Å². The first-order chi connectivity index (χ1) is 21.5. The maximum absolute atomic E-state index is 13.5. The van der Waals surface area contributed by atoms with E-state index in [2.05, 4.69) is 19.6 Å². The molecule has 0 saturated carbocycles. The van der Waals surface area contributed by atoms with Gasteiger partial charge in [-0.1, -0.05) is 12.1 Å². The molecule has 2 saturated heterocycles. The van der Waals surface area contributed by atoms with Crippen molar-refractivity contribution in [3.63, 3.8) is 0 Å². The molecule has 228 valence electrons. The molecule has 3 aromatic heterocycles. The summed E-state index contributed by atoms with van der Waals surface area (Å²) in [6.07, 6.45) is 7.15. The van der Waals surface area contributed by atoms with E-state index in [4.69, 9.17) is 19.2 Å². The smallest absolute Gasteiger partial charge is 0.272 e. The number of benzene rings is 2. The van der Waals surface area contributed by atoms with Gasteiger partial charge in [0.2, 0.25) is 0 Å². The zero-order valence-corrected chi connectivity index (χ0v) is 25.7. The second-order valence-electron chi connectivity index (χ2n) is 11.7. The average molecular weight is 595 g/mol. The number of fused-ring (bicyclic) bond motifs is 2. The molecule has 1 amide bonds. The van der Waals surface area contributed by atoms with Gasteiger partial charge < -0.3 is 24.1 Å². The number of aromatic nitrogens is 4. The molecule has 0 bridgehead atoms. The number of aryl methyl sites for hydroxylation is 2. The number of methoxy groups -OCH3 is 2. The number of carbonyl (C=O) groups is 1. The van der Waals surface area contributed by atoms with Gasteiger partial charge in [-0.15, -0.1) is 0 Å². The zero-order chi connectivity index (χ0) is 30.4. The lowest BCUT2D eigenvalue weighted by molar-refractivity contribution is 0.0419. The van der Waals surface area contributed by atoms with Gasteiger partial charge in [-0.05, 0) is 63.1 Å². The second-order valence-corrected chi connectivity index (χ2v) is 11.7. The second kappa shape index (κ2) is 11.6. The molecule has 0 radical (unpaired) electrons. The van der Waals surface area contributed by atoms with E-state index in [0.29, 0.717) is 29.1 Å². The van der Waals surface area contributed by atoms with Crippen molar-refractivity contribution in [1.82, 2.24) is 23.8 Å². The summed E-state index contributed by atoms with van der Waals surface area (Å²) in [6, 6.07) is 14.0. The van der Waals surface area contributed by atoms with Crippen LogP contribution in [0.25, 0.3) is 27.7 Å². The zero-order valence-electron chi connectivity index (χ0n) is 25.7. The van der Waals surface area contributed by atoms with Gasteiger partial charge in [-0.3, -0.25) is 19.1 Å². The van der Waals surface area contributed by atoms with Crippen molar-refractivity contribution >= 4 is 28.0 Å². The van der Waals surface area contributed by atoms with Crippen LogP contribution in [0, 0.1) is 6.92 Å². The number of carbonyl (C=O) groups excluding carboxylic acids is 1. The number of imidazole rings is 1. The number of nitrogens with one attached hydrogen (secondary N) is 1. The number of nitrogens with zero attached hydrogens (tertiary/aromatic N) is 5. The first-order valence-corrected chi connectivity index (χ1v) is 15.2. The van der Waals surface area contributed by atoms with Gasteiger partial charge in [0.1, 0.15) is 23.0 Å². The average Bonchev–Trinajstić information content (AvgIpc) is 3.78. The molecule has 1 N–H and O–H groups in total. The number of likely N-dealkylation sites (tertiary alicyclic amines) is 1. The highest BCUT2D eigenvalue weighted by molar-refractivity contribution is 6.08. The molecule has 1 atom stereocenters. The molecule has 10 heteroatoms. The summed E-state index contributed by atoms with van der Waals surface area (Å²) in [7, 11) is 5.12. The normalized spacial score (nSPS) is 17.9. The molecule has 2 aromatic carbocycles. The minimum absolute atomic E-state index is 0.234. The van der Waals surface area contributed by atoms with E-state index in [0.717, 1.165) is 90.5 Å². The standard InChI is InChI=1S/C34H38N6O4/c1-21-32-31(37-33(40(32)15-13-35-21)23-10-14-39(20-23)24-11-16-44-17-12-24)22-8-9-26(30(18-22)43-4)36-34(41)28-19-25-27(38(28)2)6-5-7-29(25)42-3/h5-9,13,15,18-19,23-24H,10-12,14,16-17,20H2,1-4H3,(H,36,41). The highest BCUT2D eigenvalue weighted by atomic mass is 16.5. The molecule has 10 nitrogen and oxygen atoms in total. The Hall–Kier alpha value is -4.41. The van der Waals surface area contributed by atoms with Crippen LogP contribution < -0.4 is 14.8 Å². The van der Waals surface area contributed by atoms with Gasteiger partial charge >= 0.3 is 0 Å². The van der Waals surface area contributed by atoms with Crippen LogP contribution >= 0.6 is 0 Å². The number of ether oxygens (including phenoxy) is 3. The van der Waals surface area contributed by atoms with E-state index in [1.54, 1.807) is 14.2 Å². The van der Waals surface area contributed by atoms with Crippen molar-refractivity contribution in [3.05, 3.63) is 72.1 Å². The Kier molecular flexibility index (Phi) is 7.47. The van der Waals surface area contributed by atoms with E-state index < -0.39 is 0 Å². The molecule has 2 fully saturated rings. The van der Waals surface area contributed by atoms with Crippen LogP contribution in [0.5, 0.6) is 11.5 Å². The minimum atomic E-state index is -0.234. The Bertz CT molecular complexity index is 1850. The highest BCUT2D eigenvalue weighted by Gasteiger charge is 2.33. The maximum Gasteiger partial charge on any atom is 0.272 e. The van der Waals surface area contributed by atoms with Gasteiger partial charge in [0.25, 0.3) is 5.91 Å². The lowest BCUT2D eigenvalue weighted by Crippen LogP contribution is -2.37. The summed E-state index contributed by atoms with van der Waals surface area (Å²) in [5.74, 6) is 2.45. The molecular weight excluding hydrogens is 556 g/mol. The van der Waals surface area contributed by atoms with E-state index in [9.17, 15) is 4.79 Å². The van der Waals surface area contributed by atoms with E-state index >= 15 is 0 Å². The number of hydrogen-bond donors (Lipinski definition) is 1. The van der Waals surface area contributed by atoms with Crippen LogP contribution in [-0.4, -0.2) is 76.3 Å². The third-order valence-corrected chi connectivity index (χ3v) is 9.28. The fraction of sp³-hybridized carbons (Fsp3) is 0.382. The topological polar surface area (TPSA) is 95.2 Å². The SMILES string of the molecule is COc1cc(-c2nc(C3CCN(C4CCOCC4)C3)n3ccnc(C)c23)ccc1NC(=O)c1cc2c(OC)cccc2n1C. The molecule has 2 aliphatic rings. The fourth-order valence-corrected chi connectivity index (χ4v) is 6.95. The summed E-state index contributed by atoms with van der Waals surface area (Å²) in [5.41, 5.74) is 5.72. The quantitative estimate of drug-likeness (QED) is 0.268. The summed E-state index contributed by atoms with van der Waals surface area (Å²) < 4.78 is 21.0. The van der Waals surface area contributed by atoms with E-state index in [1.807, 2.05) is 73.4 Å².